The van der Waals surface area contributed by atoms with Crippen molar-refractivity contribution in [2.24, 2.45) is 0 Å². The number of carboxylic acid groups (broad SMARTS) is 1. The first-order valence-corrected chi connectivity index (χ1v) is 11.6. The van der Waals surface area contributed by atoms with Crippen LogP contribution in [0.4, 0.5) is 0 Å². The predicted octanol–water partition coefficient (Wildman–Crippen LogP) is 3.80. The number of aromatic hydroxyl groups is 2. The van der Waals surface area contributed by atoms with Gasteiger partial charge in [0.2, 0.25) is 10.0 Å². The average Bonchev–Trinajstić information content (AvgIpc) is 2.61. The summed E-state index contributed by atoms with van der Waals surface area (Å²) in [5.74, 6) is -2.22. The molecule has 162 valence electrons. The van der Waals surface area contributed by atoms with Gasteiger partial charge in [0, 0.05) is 11.5 Å². The van der Waals surface area contributed by atoms with Gasteiger partial charge in [-0.2, -0.15) is 4.72 Å². The largest absolute Gasteiger partial charge is 0.507 e. The number of benzene rings is 1. The van der Waals surface area contributed by atoms with E-state index in [-0.39, 0.29) is 22.1 Å². The Morgan fingerprint density at radius 1 is 1.31 bits per heavy atom. The maximum absolute atomic E-state index is 13.0. The fraction of sp³-hybridized carbons (Fsp3) is 0.571. The van der Waals surface area contributed by atoms with Gasteiger partial charge < -0.3 is 15.3 Å². The molecular formula is C21H31NO6S. The molecule has 0 bridgehead atoms. The van der Waals surface area contributed by atoms with Crippen LogP contribution in [0.25, 0.3) is 0 Å². The van der Waals surface area contributed by atoms with Crippen LogP contribution in [0.15, 0.2) is 22.6 Å². The number of nitrogens with one attached hydrogen (secondary N) is 1. The second-order valence-electron chi connectivity index (χ2n) is 7.80. The van der Waals surface area contributed by atoms with Gasteiger partial charge in [0.05, 0.1) is 0 Å². The van der Waals surface area contributed by atoms with Crippen molar-refractivity contribution in [1.82, 2.24) is 4.72 Å². The zero-order valence-electron chi connectivity index (χ0n) is 17.2. The van der Waals surface area contributed by atoms with Crippen LogP contribution in [-0.4, -0.2) is 35.7 Å². The van der Waals surface area contributed by atoms with E-state index in [9.17, 15) is 23.4 Å². The highest BCUT2D eigenvalue weighted by molar-refractivity contribution is 7.89. The fourth-order valence-corrected chi connectivity index (χ4v) is 5.36. The van der Waals surface area contributed by atoms with Gasteiger partial charge in [-0.1, -0.05) is 31.4 Å². The molecule has 0 fully saturated rings. The number of unbranched alkanes of at least 4 members (excludes halogenated alkanes) is 2. The van der Waals surface area contributed by atoms with Crippen molar-refractivity contribution >= 4 is 16.0 Å². The van der Waals surface area contributed by atoms with Crippen molar-refractivity contribution in [1.29, 1.82) is 0 Å². The molecule has 8 heteroatoms. The highest BCUT2D eigenvalue weighted by Gasteiger charge is 2.32. The number of aliphatic carboxylic acids is 1. The lowest BCUT2D eigenvalue weighted by Crippen LogP contribution is -2.38. The predicted molar refractivity (Wildman–Crippen MR) is 111 cm³/mol. The van der Waals surface area contributed by atoms with E-state index in [0.717, 1.165) is 31.3 Å². The van der Waals surface area contributed by atoms with Crippen molar-refractivity contribution in [2.45, 2.75) is 82.6 Å². The Hall–Kier alpha value is -2.06. The minimum atomic E-state index is -4.31. The quantitative estimate of drug-likeness (QED) is 0.352. The SMILES string of the molecule is CCCCCc1cc(O)c(C2C=C(C)CCC2)c(O)c1S(=O)(=O)NC(C)C(=O)O. The van der Waals surface area contributed by atoms with Gasteiger partial charge in [0.25, 0.3) is 0 Å². The third-order valence-electron chi connectivity index (χ3n) is 5.31. The van der Waals surface area contributed by atoms with E-state index in [1.165, 1.54) is 13.0 Å². The summed E-state index contributed by atoms with van der Waals surface area (Å²) < 4.78 is 28.1. The molecule has 1 aliphatic rings. The Labute approximate surface area is 172 Å². The van der Waals surface area contributed by atoms with E-state index in [2.05, 4.69) is 4.72 Å². The molecule has 0 radical (unpaired) electrons. The lowest BCUT2D eigenvalue weighted by Gasteiger charge is -2.24. The number of carboxylic acids is 1. The fourth-order valence-electron chi connectivity index (χ4n) is 3.80. The molecule has 29 heavy (non-hydrogen) atoms. The Morgan fingerprint density at radius 3 is 2.59 bits per heavy atom. The number of phenolic OH excluding ortho intramolecular Hbond substituents is 2. The second kappa shape index (κ2) is 9.63. The lowest BCUT2D eigenvalue weighted by molar-refractivity contribution is -0.138. The van der Waals surface area contributed by atoms with Crippen LogP contribution in [0.2, 0.25) is 0 Å². The van der Waals surface area contributed by atoms with Crippen LogP contribution in [0.1, 0.15) is 76.3 Å². The standard InChI is InChI=1S/C21H31NO6S/c1-4-5-6-9-16-12-17(23)18(15-10-7-8-13(2)11-15)19(24)20(16)29(27,28)22-14(3)21(25)26/h11-12,14-15,22-24H,4-10H2,1-3H3,(H,25,26). The normalized spacial score (nSPS) is 18.3. The summed E-state index contributed by atoms with van der Waals surface area (Å²) in [6.07, 6.45) is 7.27. The van der Waals surface area contributed by atoms with Gasteiger partial charge >= 0.3 is 5.97 Å². The highest BCUT2D eigenvalue weighted by Crippen LogP contribution is 2.45. The van der Waals surface area contributed by atoms with Crippen molar-refractivity contribution in [2.75, 3.05) is 0 Å². The van der Waals surface area contributed by atoms with Crippen LogP contribution in [0.5, 0.6) is 11.5 Å². The van der Waals surface area contributed by atoms with Gasteiger partial charge in [0.15, 0.2) is 0 Å². The molecular weight excluding hydrogens is 394 g/mol. The van der Waals surface area contributed by atoms with Crippen LogP contribution in [-0.2, 0) is 21.2 Å². The summed E-state index contributed by atoms with van der Waals surface area (Å²) in [7, 11) is -4.31. The van der Waals surface area contributed by atoms with Crippen molar-refractivity contribution in [3.8, 4) is 11.5 Å². The molecule has 0 aliphatic heterocycles. The highest BCUT2D eigenvalue weighted by atomic mass is 32.2. The lowest BCUT2D eigenvalue weighted by atomic mass is 9.84. The molecule has 0 aromatic heterocycles. The molecule has 0 amide bonds. The summed E-state index contributed by atoms with van der Waals surface area (Å²) in [5.41, 5.74) is 1.60. The third kappa shape index (κ3) is 5.51. The smallest absolute Gasteiger partial charge is 0.321 e. The number of rotatable bonds is 9. The Balaban J connectivity index is 2.62. The molecule has 1 aromatic carbocycles. The van der Waals surface area contributed by atoms with Gasteiger partial charge in [-0.3, -0.25) is 4.79 Å². The molecule has 2 unspecified atom stereocenters. The van der Waals surface area contributed by atoms with Gasteiger partial charge in [-0.15, -0.1) is 0 Å². The van der Waals surface area contributed by atoms with Crippen molar-refractivity contribution < 1.29 is 28.5 Å². The summed E-state index contributed by atoms with van der Waals surface area (Å²) in [5, 5.41) is 30.7. The minimum absolute atomic E-state index is 0.129. The molecule has 0 heterocycles. The zero-order valence-corrected chi connectivity index (χ0v) is 18.1. The summed E-state index contributed by atoms with van der Waals surface area (Å²) in [4.78, 5) is 10.8. The first kappa shape index (κ1) is 23.2. The number of aryl methyl sites for hydroxylation is 1. The minimum Gasteiger partial charge on any atom is -0.507 e. The molecule has 0 saturated carbocycles. The molecule has 0 saturated heterocycles. The maximum Gasteiger partial charge on any atom is 0.321 e. The molecule has 4 N–H and O–H groups in total. The van der Waals surface area contributed by atoms with Crippen LogP contribution in [0, 0.1) is 0 Å². The maximum atomic E-state index is 13.0. The number of hydrogen-bond donors (Lipinski definition) is 4. The van der Waals surface area contributed by atoms with E-state index in [4.69, 9.17) is 5.11 Å². The van der Waals surface area contributed by atoms with E-state index in [1.807, 2.05) is 19.9 Å². The molecule has 0 spiro atoms. The van der Waals surface area contributed by atoms with Crippen molar-refractivity contribution in [3.63, 3.8) is 0 Å². The van der Waals surface area contributed by atoms with Crippen LogP contribution in [0.3, 0.4) is 0 Å². The molecule has 1 aromatic rings. The Kier molecular flexibility index (Phi) is 7.71. The first-order valence-electron chi connectivity index (χ1n) is 10.1. The third-order valence-corrected chi connectivity index (χ3v) is 6.97. The van der Waals surface area contributed by atoms with Crippen molar-refractivity contribution in [3.05, 3.63) is 28.8 Å². The average molecular weight is 426 g/mol. The van der Waals surface area contributed by atoms with Gasteiger partial charge in [-0.05, 0) is 57.6 Å². The Morgan fingerprint density at radius 2 is 2.00 bits per heavy atom. The number of sulfonamides is 1. The molecule has 2 atom stereocenters. The van der Waals surface area contributed by atoms with E-state index >= 15 is 0 Å². The Bertz CT molecular complexity index is 891. The molecule has 7 nitrogen and oxygen atoms in total. The van der Waals surface area contributed by atoms with E-state index in [1.54, 1.807) is 0 Å². The topological polar surface area (TPSA) is 124 Å². The zero-order chi connectivity index (χ0) is 21.8. The number of allylic oxidation sites excluding steroid dienone is 2. The van der Waals surface area contributed by atoms with Gasteiger partial charge in [0.1, 0.15) is 22.4 Å². The monoisotopic (exact) mass is 425 g/mol. The van der Waals surface area contributed by atoms with E-state index < -0.39 is 27.8 Å². The van der Waals surface area contributed by atoms with Crippen LogP contribution >= 0.6 is 0 Å². The van der Waals surface area contributed by atoms with Gasteiger partial charge in [-0.25, -0.2) is 8.42 Å². The first-order chi connectivity index (χ1) is 13.6. The summed E-state index contributed by atoms with van der Waals surface area (Å²) in [6.45, 7) is 5.21. The summed E-state index contributed by atoms with van der Waals surface area (Å²) in [6, 6.07) is 0.0552. The van der Waals surface area contributed by atoms with E-state index in [0.29, 0.717) is 24.8 Å². The van der Waals surface area contributed by atoms with Crippen LogP contribution < -0.4 is 4.72 Å². The summed E-state index contributed by atoms with van der Waals surface area (Å²) >= 11 is 0. The second-order valence-corrected chi connectivity index (χ2v) is 9.45. The number of hydrogen-bond acceptors (Lipinski definition) is 5. The molecule has 1 aliphatic carbocycles. The molecule has 2 rings (SSSR count). The number of phenols is 2. The number of carbonyl (C=O) groups is 1.